The van der Waals surface area contributed by atoms with Gasteiger partial charge in [-0.3, -0.25) is 9.78 Å². The van der Waals surface area contributed by atoms with Crippen LogP contribution < -0.4 is 5.32 Å². The van der Waals surface area contributed by atoms with Gasteiger partial charge in [-0.1, -0.05) is 12.1 Å². The standard InChI is InChI=1S/C22H24N4O2/c1-15-14-23-20(22(28)25-19-4-2-5-21(19)27)13-17(15)12-16-6-8-18(9-7-16)26-11-3-10-24-26/h3,6-11,13-14,19,21,27H,2,4-5,12H2,1H3,(H,25,28)/t19-,21+/m0/s1. The maximum atomic E-state index is 12.5. The predicted molar refractivity (Wildman–Crippen MR) is 106 cm³/mol. The summed E-state index contributed by atoms with van der Waals surface area (Å²) in [6.45, 7) is 2.00. The van der Waals surface area contributed by atoms with E-state index in [9.17, 15) is 9.90 Å². The van der Waals surface area contributed by atoms with Gasteiger partial charge in [0.15, 0.2) is 0 Å². The summed E-state index contributed by atoms with van der Waals surface area (Å²) in [4.78, 5) is 16.8. The van der Waals surface area contributed by atoms with Crippen LogP contribution in [0.25, 0.3) is 5.69 Å². The van der Waals surface area contributed by atoms with Gasteiger partial charge in [0.05, 0.1) is 17.8 Å². The second-order valence-electron chi connectivity index (χ2n) is 7.37. The molecule has 0 radical (unpaired) electrons. The van der Waals surface area contributed by atoms with E-state index in [4.69, 9.17) is 0 Å². The molecule has 0 saturated heterocycles. The number of hydrogen-bond acceptors (Lipinski definition) is 4. The van der Waals surface area contributed by atoms with Gasteiger partial charge in [0, 0.05) is 18.6 Å². The molecule has 2 aromatic heterocycles. The van der Waals surface area contributed by atoms with E-state index < -0.39 is 6.10 Å². The number of pyridine rings is 1. The number of nitrogens with one attached hydrogen (secondary N) is 1. The third kappa shape index (κ3) is 3.97. The molecule has 6 heteroatoms. The van der Waals surface area contributed by atoms with Gasteiger partial charge < -0.3 is 10.4 Å². The van der Waals surface area contributed by atoms with Crippen molar-refractivity contribution in [1.29, 1.82) is 0 Å². The van der Waals surface area contributed by atoms with E-state index in [0.29, 0.717) is 5.69 Å². The normalized spacial score (nSPS) is 18.9. The van der Waals surface area contributed by atoms with E-state index in [1.165, 1.54) is 0 Å². The molecule has 1 aromatic carbocycles. The molecule has 2 atom stereocenters. The largest absolute Gasteiger partial charge is 0.391 e. The summed E-state index contributed by atoms with van der Waals surface area (Å²) >= 11 is 0. The number of nitrogens with zero attached hydrogens (tertiary/aromatic N) is 3. The summed E-state index contributed by atoms with van der Waals surface area (Å²) in [6, 6.07) is 11.8. The van der Waals surface area contributed by atoms with Gasteiger partial charge >= 0.3 is 0 Å². The van der Waals surface area contributed by atoms with Crippen LogP contribution in [0.15, 0.2) is 55.0 Å². The van der Waals surface area contributed by atoms with Crippen LogP contribution in [0.1, 0.15) is 46.4 Å². The fraction of sp³-hybridized carbons (Fsp3) is 0.318. The van der Waals surface area contributed by atoms with Crippen molar-refractivity contribution in [3.05, 3.63) is 77.4 Å². The molecule has 1 aliphatic carbocycles. The summed E-state index contributed by atoms with van der Waals surface area (Å²) in [5.74, 6) is -0.221. The number of benzene rings is 1. The zero-order valence-corrected chi connectivity index (χ0v) is 15.9. The van der Waals surface area contributed by atoms with Crippen molar-refractivity contribution in [2.24, 2.45) is 0 Å². The van der Waals surface area contributed by atoms with Crippen LogP contribution in [-0.4, -0.2) is 37.9 Å². The molecule has 0 unspecified atom stereocenters. The molecule has 1 aliphatic rings. The van der Waals surface area contributed by atoms with Crippen molar-refractivity contribution in [3.8, 4) is 5.69 Å². The minimum atomic E-state index is -0.456. The maximum absolute atomic E-state index is 12.5. The van der Waals surface area contributed by atoms with Gasteiger partial charge in [-0.15, -0.1) is 0 Å². The molecule has 4 rings (SSSR count). The average molecular weight is 376 g/mol. The monoisotopic (exact) mass is 376 g/mol. The van der Waals surface area contributed by atoms with Crippen LogP contribution >= 0.6 is 0 Å². The lowest BCUT2D eigenvalue weighted by molar-refractivity contribution is 0.0868. The zero-order valence-electron chi connectivity index (χ0n) is 15.9. The molecule has 1 saturated carbocycles. The van der Waals surface area contributed by atoms with Crippen molar-refractivity contribution in [2.75, 3.05) is 0 Å². The molecule has 1 amide bonds. The second-order valence-corrected chi connectivity index (χ2v) is 7.37. The van der Waals surface area contributed by atoms with E-state index in [1.54, 1.807) is 12.4 Å². The van der Waals surface area contributed by atoms with Gasteiger partial charge in [-0.05, 0) is 73.6 Å². The van der Waals surface area contributed by atoms with Crippen LogP contribution in [0.5, 0.6) is 0 Å². The Labute approximate surface area is 164 Å². The first kappa shape index (κ1) is 18.4. The number of aryl methyl sites for hydroxylation is 1. The SMILES string of the molecule is Cc1cnc(C(=O)N[C@H]2CCC[C@H]2O)cc1Cc1ccc(-n2cccn2)cc1. The Bertz CT molecular complexity index is 951. The molecule has 3 aromatic rings. The van der Waals surface area contributed by atoms with Crippen LogP contribution in [0.3, 0.4) is 0 Å². The van der Waals surface area contributed by atoms with Crippen molar-refractivity contribution >= 4 is 5.91 Å². The molecule has 144 valence electrons. The highest BCUT2D eigenvalue weighted by atomic mass is 16.3. The van der Waals surface area contributed by atoms with Crippen molar-refractivity contribution in [2.45, 2.75) is 44.8 Å². The number of carbonyl (C=O) groups is 1. The van der Waals surface area contributed by atoms with Crippen LogP contribution in [0.2, 0.25) is 0 Å². The van der Waals surface area contributed by atoms with E-state index in [-0.39, 0.29) is 11.9 Å². The third-order valence-corrected chi connectivity index (χ3v) is 5.34. The molecule has 2 N–H and O–H groups in total. The molecule has 0 spiro atoms. The number of carbonyl (C=O) groups excluding carboxylic acids is 1. The van der Waals surface area contributed by atoms with Crippen molar-refractivity contribution in [3.63, 3.8) is 0 Å². The van der Waals surface area contributed by atoms with Crippen LogP contribution in [0.4, 0.5) is 0 Å². The summed E-state index contributed by atoms with van der Waals surface area (Å²) in [6.07, 6.45) is 8.17. The lowest BCUT2D eigenvalue weighted by Gasteiger charge is -2.16. The van der Waals surface area contributed by atoms with E-state index in [0.717, 1.165) is 48.1 Å². The molecular weight excluding hydrogens is 352 g/mol. The molecule has 28 heavy (non-hydrogen) atoms. The smallest absolute Gasteiger partial charge is 0.270 e. The fourth-order valence-corrected chi connectivity index (χ4v) is 3.64. The minimum absolute atomic E-state index is 0.172. The quantitative estimate of drug-likeness (QED) is 0.718. The Balaban J connectivity index is 1.48. The molecule has 1 fully saturated rings. The number of amides is 1. The Morgan fingerprint density at radius 1 is 1.29 bits per heavy atom. The Kier molecular flexibility index (Phi) is 5.21. The van der Waals surface area contributed by atoms with Gasteiger partial charge in [-0.25, -0.2) is 4.68 Å². The van der Waals surface area contributed by atoms with Crippen molar-refractivity contribution in [1.82, 2.24) is 20.1 Å². The first-order valence-corrected chi connectivity index (χ1v) is 9.63. The predicted octanol–water partition coefficient (Wildman–Crippen LogP) is 2.81. The highest BCUT2D eigenvalue weighted by molar-refractivity contribution is 5.92. The molecular formula is C22H24N4O2. The number of hydrogen-bond donors (Lipinski definition) is 2. The average Bonchev–Trinajstić information content (AvgIpc) is 3.37. The molecule has 6 nitrogen and oxygen atoms in total. The third-order valence-electron chi connectivity index (χ3n) is 5.34. The summed E-state index contributed by atoms with van der Waals surface area (Å²) in [5, 5.41) is 17.1. The Hall–Kier alpha value is -2.99. The first-order valence-electron chi connectivity index (χ1n) is 9.63. The Morgan fingerprint density at radius 2 is 2.11 bits per heavy atom. The number of aliphatic hydroxyl groups excluding tert-OH is 1. The van der Waals surface area contributed by atoms with Crippen LogP contribution in [-0.2, 0) is 6.42 Å². The number of aromatic nitrogens is 3. The number of rotatable bonds is 5. The molecule has 0 bridgehead atoms. The Morgan fingerprint density at radius 3 is 2.79 bits per heavy atom. The minimum Gasteiger partial charge on any atom is -0.391 e. The number of aliphatic hydroxyl groups is 1. The second kappa shape index (κ2) is 7.94. The van der Waals surface area contributed by atoms with E-state index in [1.807, 2.05) is 42.1 Å². The maximum Gasteiger partial charge on any atom is 0.270 e. The van der Waals surface area contributed by atoms with Gasteiger partial charge in [0.2, 0.25) is 0 Å². The topological polar surface area (TPSA) is 80.0 Å². The summed E-state index contributed by atoms with van der Waals surface area (Å²) in [5.41, 5.74) is 4.68. The van der Waals surface area contributed by atoms with Gasteiger partial charge in [-0.2, -0.15) is 5.10 Å². The zero-order chi connectivity index (χ0) is 19.5. The van der Waals surface area contributed by atoms with E-state index in [2.05, 4.69) is 27.5 Å². The van der Waals surface area contributed by atoms with E-state index >= 15 is 0 Å². The summed E-state index contributed by atoms with van der Waals surface area (Å²) < 4.78 is 1.82. The first-order chi connectivity index (χ1) is 13.6. The van der Waals surface area contributed by atoms with Crippen molar-refractivity contribution < 1.29 is 9.90 Å². The lowest BCUT2D eigenvalue weighted by Crippen LogP contribution is -2.40. The van der Waals surface area contributed by atoms with Crippen LogP contribution in [0, 0.1) is 6.92 Å². The van der Waals surface area contributed by atoms with Gasteiger partial charge in [0.1, 0.15) is 5.69 Å². The molecule has 2 heterocycles. The summed E-state index contributed by atoms with van der Waals surface area (Å²) in [7, 11) is 0. The lowest BCUT2D eigenvalue weighted by atomic mass is 10.0. The highest BCUT2D eigenvalue weighted by Gasteiger charge is 2.27. The van der Waals surface area contributed by atoms with Gasteiger partial charge in [0.25, 0.3) is 5.91 Å². The molecule has 0 aliphatic heterocycles. The highest BCUT2D eigenvalue weighted by Crippen LogP contribution is 2.20. The fourth-order valence-electron chi connectivity index (χ4n) is 3.64.